The molecule has 1 aliphatic rings. The Labute approximate surface area is 150 Å². The first-order valence-corrected chi connectivity index (χ1v) is 10.2. The Balaban J connectivity index is 2.19. The molecule has 0 bridgehead atoms. The van der Waals surface area contributed by atoms with Crippen molar-refractivity contribution in [1.29, 1.82) is 0 Å². The number of benzene rings is 1. The molecule has 6 nitrogen and oxygen atoms in total. The summed E-state index contributed by atoms with van der Waals surface area (Å²) in [5, 5.41) is 11.6. The Hall–Kier alpha value is -1.44. The Morgan fingerprint density at radius 2 is 1.92 bits per heavy atom. The SMILES string of the molecule is Cc1cc(C)c(S(=O)(=O)N2CCC[C@@H](C(=O)NCCCO)C2)c(C)c1. The first-order valence-electron chi connectivity index (χ1n) is 8.74. The summed E-state index contributed by atoms with van der Waals surface area (Å²) in [6, 6.07) is 3.76. The van der Waals surface area contributed by atoms with Gasteiger partial charge in [0.2, 0.25) is 15.9 Å². The number of aryl methyl sites for hydroxylation is 3. The standard InChI is InChI=1S/C18H28N2O4S/c1-13-10-14(2)17(15(3)11-13)25(23,24)20-8-4-6-16(12-20)18(22)19-7-5-9-21/h10-11,16,21H,4-9,12H2,1-3H3,(H,19,22)/t16-/m1/s1. The van der Waals surface area contributed by atoms with Crippen molar-refractivity contribution in [3.63, 3.8) is 0 Å². The number of nitrogens with one attached hydrogen (secondary N) is 1. The summed E-state index contributed by atoms with van der Waals surface area (Å²) in [6.45, 7) is 6.66. The second-order valence-electron chi connectivity index (χ2n) is 6.80. The van der Waals surface area contributed by atoms with Crippen LogP contribution < -0.4 is 5.32 Å². The molecule has 1 heterocycles. The lowest BCUT2D eigenvalue weighted by molar-refractivity contribution is -0.126. The molecule has 25 heavy (non-hydrogen) atoms. The van der Waals surface area contributed by atoms with E-state index < -0.39 is 10.0 Å². The number of hydrogen-bond donors (Lipinski definition) is 2. The normalized spacial score (nSPS) is 19.0. The van der Waals surface area contributed by atoms with E-state index in [0.717, 1.165) is 16.7 Å². The van der Waals surface area contributed by atoms with Crippen molar-refractivity contribution in [2.75, 3.05) is 26.2 Å². The number of amides is 1. The smallest absolute Gasteiger partial charge is 0.243 e. The molecule has 0 aromatic heterocycles. The van der Waals surface area contributed by atoms with Crippen molar-refractivity contribution >= 4 is 15.9 Å². The van der Waals surface area contributed by atoms with Crippen LogP contribution >= 0.6 is 0 Å². The summed E-state index contributed by atoms with van der Waals surface area (Å²) in [7, 11) is -3.62. The van der Waals surface area contributed by atoms with Crippen LogP contribution in [0.1, 0.15) is 36.0 Å². The van der Waals surface area contributed by atoms with Crippen LogP contribution in [0.15, 0.2) is 17.0 Å². The average Bonchev–Trinajstić information content (AvgIpc) is 2.54. The highest BCUT2D eigenvalue weighted by Gasteiger charge is 2.34. The molecule has 140 valence electrons. The molecule has 2 N–H and O–H groups in total. The van der Waals surface area contributed by atoms with Gasteiger partial charge in [0, 0.05) is 26.2 Å². The average molecular weight is 368 g/mol. The number of aliphatic hydroxyl groups is 1. The Bertz CT molecular complexity index is 708. The number of piperidine rings is 1. The van der Waals surface area contributed by atoms with E-state index >= 15 is 0 Å². The highest BCUT2D eigenvalue weighted by atomic mass is 32.2. The molecular formula is C18H28N2O4S. The molecule has 1 aromatic carbocycles. The number of sulfonamides is 1. The molecule has 0 unspecified atom stereocenters. The largest absolute Gasteiger partial charge is 0.396 e. The number of hydrogen-bond acceptors (Lipinski definition) is 4. The van der Waals surface area contributed by atoms with E-state index in [1.54, 1.807) is 0 Å². The van der Waals surface area contributed by atoms with Gasteiger partial charge in [-0.2, -0.15) is 4.31 Å². The van der Waals surface area contributed by atoms with E-state index in [4.69, 9.17) is 5.11 Å². The molecule has 0 saturated carbocycles. The van der Waals surface area contributed by atoms with Crippen molar-refractivity contribution in [2.24, 2.45) is 5.92 Å². The van der Waals surface area contributed by atoms with Gasteiger partial charge in [0.25, 0.3) is 0 Å². The van der Waals surface area contributed by atoms with E-state index in [1.165, 1.54) is 4.31 Å². The Kier molecular flexibility index (Phi) is 6.59. The van der Waals surface area contributed by atoms with Crippen LogP contribution in [-0.2, 0) is 14.8 Å². The number of aliphatic hydroxyl groups excluding tert-OH is 1. The van der Waals surface area contributed by atoms with Gasteiger partial charge in [-0.15, -0.1) is 0 Å². The summed E-state index contributed by atoms with van der Waals surface area (Å²) in [5.74, 6) is -0.473. The third-order valence-corrected chi connectivity index (χ3v) is 6.76. The maximum Gasteiger partial charge on any atom is 0.243 e. The minimum absolute atomic E-state index is 0.0252. The Morgan fingerprint density at radius 3 is 2.52 bits per heavy atom. The van der Waals surface area contributed by atoms with Crippen molar-refractivity contribution in [3.05, 3.63) is 28.8 Å². The molecule has 1 atom stereocenters. The molecular weight excluding hydrogens is 340 g/mol. The summed E-state index contributed by atoms with van der Waals surface area (Å²) in [4.78, 5) is 12.6. The van der Waals surface area contributed by atoms with Gasteiger partial charge >= 0.3 is 0 Å². The molecule has 7 heteroatoms. The van der Waals surface area contributed by atoms with Crippen molar-refractivity contribution < 1.29 is 18.3 Å². The predicted molar refractivity (Wildman–Crippen MR) is 96.8 cm³/mol. The quantitative estimate of drug-likeness (QED) is 0.745. The highest BCUT2D eigenvalue weighted by molar-refractivity contribution is 7.89. The van der Waals surface area contributed by atoms with Crippen LogP contribution in [0.25, 0.3) is 0 Å². The maximum atomic E-state index is 13.1. The fraction of sp³-hybridized carbons (Fsp3) is 0.611. The third-order valence-electron chi connectivity index (χ3n) is 4.59. The molecule has 1 saturated heterocycles. The number of carbonyl (C=O) groups is 1. The zero-order valence-electron chi connectivity index (χ0n) is 15.2. The minimum Gasteiger partial charge on any atom is -0.396 e. The number of nitrogens with zero attached hydrogens (tertiary/aromatic N) is 1. The topological polar surface area (TPSA) is 86.7 Å². The van der Waals surface area contributed by atoms with Gasteiger partial charge in [0.15, 0.2) is 0 Å². The summed E-state index contributed by atoms with van der Waals surface area (Å²) >= 11 is 0. The zero-order valence-corrected chi connectivity index (χ0v) is 16.0. The number of rotatable bonds is 6. The lowest BCUT2D eigenvalue weighted by atomic mass is 9.99. The van der Waals surface area contributed by atoms with Crippen LogP contribution in [-0.4, -0.2) is 50.0 Å². The maximum absolute atomic E-state index is 13.1. The molecule has 1 aliphatic heterocycles. The monoisotopic (exact) mass is 368 g/mol. The van der Waals surface area contributed by atoms with Gasteiger partial charge in [-0.3, -0.25) is 4.79 Å². The van der Waals surface area contributed by atoms with E-state index in [-0.39, 0.29) is 25.0 Å². The molecule has 0 aliphatic carbocycles. The van der Waals surface area contributed by atoms with Gasteiger partial charge in [-0.25, -0.2) is 8.42 Å². The lowest BCUT2D eigenvalue weighted by Crippen LogP contribution is -2.45. The molecule has 1 aromatic rings. The van der Waals surface area contributed by atoms with Crippen LogP contribution in [0, 0.1) is 26.7 Å². The van der Waals surface area contributed by atoms with E-state index in [0.29, 0.717) is 37.2 Å². The van der Waals surface area contributed by atoms with Gasteiger partial charge < -0.3 is 10.4 Å². The van der Waals surface area contributed by atoms with E-state index in [9.17, 15) is 13.2 Å². The van der Waals surface area contributed by atoms with Crippen molar-refractivity contribution in [2.45, 2.75) is 44.9 Å². The lowest BCUT2D eigenvalue weighted by Gasteiger charge is -2.32. The molecule has 2 rings (SSSR count). The zero-order chi connectivity index (χ0) is 18.6. The van der Waals surface area contributed by atoms with Gasteiger partial charge in [0.1, 0.15) is 0 Å². The Morgan fingerprint density at radius 1 is 1.28 bits per heavy atom. The van der Waals surface area contributed by atoms with Crippen LogP contribution in [0.2, 0.25) is 0 Å². The summed E-state index contributed by atoms with van der Waals surface area (Å²) < 4.78 is 27.7. The first-order chi connectivity index (χ1) is 11.8. The highest BCUT2D eigenvalue weighted by Crippen LogP contribution is 2.28. The molecule has 1 fully saturated rings. The molecule has 1 amide bonds. The van der Waals surface area contributed by atoms with Gasteiger partial charge in [0.05, 0.1) is 10.8 Å². The van der Waals surface area contributed by atoms with Gasteiger partial charge in [-0.05, 0) is 51.2 Å². The van der Waals surface area contributed by atoms with Gasteiger partial charge in [-0.1, -0.05) is 17.7 Å². The third kappa shape index (κ3) is 4.59. The van der Waals surface area contributed by atoms with Crippen LogP contribution in [0.4, 0.5) is 0 Å². The second kappa shape index (κ2) is 8.29. The first kappa shape index (κ1) is 19.9. The number of carbonyl (C=O) groups excluding carboxylic acids is 1. The fourth-order valence-corrected chi connectivity index (χ4v) is 5.45. The summed E-state index contributed by atoms with van der Waals surface area (Å²) in [6.07, 6.45) is 1.85. The molecule has 0 spiro atoms. The minimum atomic E-state index is -3.62. The van der Waals surface area contributed by atoms with Crippen molar-refractivity contribution in [3.8, 4) is 0 Å². The second-order valence-corrected chi connectivity index (χ2v) is 8.67. The van der Waals surface area contributed by atoms with Crippen LogP contribution in [0.3, 0.4) is 0 Å². The predicted octanol–water partition coefficient (Wildman–Crippen LogP) is 1.51. The van der Waals surface area contributed by atoms with Crippen LogP contribution in [0.5, 0.6) is 0 Å². The van der Waals surface area contributed by atoms with Crippen molar-refractivity contribution in [1.82, 2.24) is 9.62 Å². The van der Waals surface area contributed by atoms with E-state index in [2.05, 4.69) is 5.32 Å². The molecule has 0 radical (unpaired) electrons. The summed E-state index contributed by atoms with van der Waals surface area (Å²) in [5.41, 5.74) is 2.52. The fourth-order valence-electron chi connectivity index (χ4n) is 3.51. The van der Waals surface area contributed by atoms with E-state index in [1.807, 2.05) is 32.9 Å².